The number of rotatable bonds is 12. The molecule has 0 fully saturated rings. The maximum atomic E-state index is 13.2. The molecule has 0 radical (unpaired) electrons. The number of aryl methyl sites for hydroxylation is 1. The maximum absolute atomic E-state index is 13.2. The van der Waals surface area contributed by atoms with Gasteiger partial charge in [0.05, 0.1) is 6.20 Å². The quantitative estimate of drug-likeness (QED) is 0.192. The molecule has 3 amide bonds. The van der Waals surface area contributed by atoms with Crippen molar-refractivity contribution in [1.82, 2.24) is 15.8 Å². The van der Waals surface area contributed by atoms with Crippen LogP contribution in [0.5, 0.6) is 5.75 Å². The highest BCUT2D eigenvalue weighted by Crippen LogP contribution is 2.16. The van der Waals surface area contributed by atoms with Crippen molar-refractivity contribution < 1.29 is 29.1 Å². The number of carbonyl (C=O) groups is 3. The van der Waals surface area contributed by atoms with Crippen molar-refractivity contribution in [2.75, 3.05) is 5.32 Å². The first-order valence-electron chi connectivity index (χ1n) is 13.1. The number of carbonyl (C=O) groups excluding carboxylic acids is 3. The fourth-order valence-corrected chi connectivity index (χ4v) is 3.72. The van der Waals surface area contributed by atoms with Crippen molar-refractivity contribution in [1.29, 1.82) is 0 Å². The minimum absolute atomic E-state index is 0.134. The van der Waals surface area contributed by atoms with Crippen LogP contribution >= 0.6 is 0 Å². The van der Waals surface area contributed by atoms with E-state index in [9.17, 15) is 14.4 Å². The van der Waals surface area contributed by atoms with Gasteiger partial charge in [-0.3, -0.25) is 19.8 Å². The summed E-state index contributed by atoms with van der Waals surface area (Å²) in [6.45, 7) is 5.64. The van der Waals surface area contributed by atoms with Gasteiger partial charge in [0.25, 0.3) is 0 Å². The van der Waals surface area contributed by atoms with Gasteiger partial charge in [-0.2, -0.15) is 0 Å². The molecule has 4 N–H and O–H groups in total. The molecule has 0 aliphatic carbocycles. The van der Waals surface area contributed by atoms with Crippen LogP contribution < -0.4 is 20.9 Å². The van der Waals surface area contributed by atoms with Crippen LogP contribution in [-0.2, 0) is 33.8 Å². The van der Waals surface area contributed by atoms with Crippen molar-refractivity contribution in [3.63, 3.8) is 0 Å². The lowest BCUT2D eigenvalue weighted by Gasteiger charge is -2.23. The van der Waals surface area contributed by atoms with Crippen molar-refractivity contribution in [2.45, 2.75) is 64.7 Å². The molecule has 212 valence electrons. The molecule has 1 atom stereocenters. The SMILES string of the molecule is CC(C)(C)OC(=O)NC(Cc1ccc(OCc2ccccc2)cn1)C(=O)Nc1ccc(CCCC(=O)NO)cc1. The molecule has 10 heteroatoms. The monoisotopic (exact) mass is 548 g/mol. The fourth-order valence-electron chi connectivity index (χ4n) is 3.72. The van der Waals surface area contributed by atoms with Crippen LogP contribution in [-0.4, -0.2) is 39.7 Å². The molecule has 0 aliphatic rings. The summed E-state index contributed by atoms with van der Waals surface area (Å²) in [6.07, 6.45) is 2.43. The first-order chi connectivity index (χ1) is 19.1. The number of alkyl carbamates (subject to hydrolysis) is 1. The number of benzene rings is 2. The van der Waals surface area contributed by atoms with Gasteiger partial charge in [-0.05, 0) is 69.0 Å². The molecular formula is C30H36N4O6. The molecule has 10 nitrogen and oxygen atoms in total. The Labute approximate surface area is 234 Å². The lowest BCUT2D eigenvalue weighted by molar-refractivity contribution is -0.129. The van der Waals surface area contributed by atoms with Crippen LogP contribution in [0.25, 0.3) is 0 Å². The standard InChI is InChI=1S/C30H36N4O6/c1-30(2,3)40-29(37)33-26(18-24-16-17-25(19-31-24)39-20-22-8-5-4-6-9-22)28(36)32-23-14-12-21(13-15-23)10-7-11-27(35)34-38/h4-6,8-9,12-17,19,26,38H,7,10-11,18,20H2,1-3H3,(H,32,36)(H,33,37)(H,34,35). The third-order valence-corrected chi connectivity index (χ3v) is 5.68. The zero-order valence-corrected chi connectivity index (χ0v) is 23.0. The minimum Gasteiger partial charge on any atom is -0.487 e. The van der Waals surface area contributed by atoms with Gasteiger partial charge in [-0.1, -0.05) is 42.5 Å². The second kappa shape index (κ2) is 14.6. The number of hydrogen-bond donors (Lipinski definition) is 4. The van der Waals surface area contributed by atoms with E-state index in [4.69, 9.17) is 14.7 Å². The number of pyridine rings is 1. The first kappa shape index (κ1) is 30.1. The van der Waals surface area contributed by atoms with E-state index in [2.05, 4.69) is 15.6 Å². The molecule has 1 heterocycles. The third-order valence-electron chi connectivity index (χ3n) is 5.68. The molecule has 1 aromatic heterocycles. The second-order valence-corrected chi connectivity index (χ2v) is 10.2. The lowest BCUT2D eigenvalue weighted by Crippen LogP contribution is -2.47. The van der Waals surface area contributed by atoms with E-state index in [1.165, 1.54) is 0 Å². The van der Waals surface area contributed by atoms with Gasteiger partial charge in [0.1, 0.15) is 24.0 Å². The van der Waals surface area contributed by atoms with Crippen LogP contribution in [0, 0.1) is 0 Å². The molecule has 3 aromatic rings. The number of aromatic nitrogens is 1. The summed E-state index contributed by atoms with van der Waals surface area (Å²) < 4.78 is 11.1. The number of hydroxylamine groups is 1. The van der Waals surface area contributed by atoms with Crippen molar-refractivity contribution in [2.24, 2.45) is 0 Å². The summed E-state index contributed by atoms with van der Waals surface area (Å²) in [5.74, 6) is -0.272. The Morgan fingerprint density at radius 3 is 2.30 bits per heavy atom. The van der Waals surface area contributed by atoms with Gasteiger partial charge >= 0.3 is 6.09 Å². The van der Waals surface area contributed by atoms with Gasteiger partial charge in [0.2, 0.25) is 11.8 Å². The maximum Gasteiger partial charge on any atom is 0.408 e. The van der Waals surface area contributed by atoms with Crippen molar-refractivity contribution in [3.05, 3.63) is 89.7 Å². The molecule has 0 saturated heterocycles. The Morgan fingerprint density at radius 2 is 1.68 bits per heavy atom. The summed E-state index contributed by atoms with van der Waals surface area (Å²) in [5.41, 5.74) is 4.04. The first-order valence-corrected chi connectivity index (χ1v) is 13.1. The lowest BCUT2D eigenvalue weighted by atomic mass is 10.1. The predicted molar refractivity (Wildman–Crippen MR) is 150 cm³/mol. The van der Waals surface area contributed by atoms with Gasteiger partial charge in [-0.25, -0.2) is 10.3 Å². The van der Waals surface area contributed by atoms with Crippen molar-refractivity contribution in [3.8, 4) is 5.75 Å². The Kier molecular flexibility index (Phi) is 11.0. The topological polar surface area (TPSA) is 139 Å². The predicted octanol–water partition coefficient (Wildman–Crippen LogP) is 4.56. The van der Waals surface area contributed by atoms with Crippen molar-refractivity contribution >= 4 is 23.6 Å². The van der Waals surface area contributed by atoms with Gasteiger partial charge in [0.15, 0.2) is 0 Å². The molecule has 40 heavy (non-hydrogen) atoms. The van der Waals surface area contributed by atoms with Gasteiger partial charge < -0.3 is 20.1 Å². The van der Waals surface area contributed by atoms with Crippen LogP contribution in [0.1, 0.15) is 50.4 Å². The Bertz CT molecular complexity index is 1240. The number of ether oxygens (including phenoxy) is 2. The van der Waals surface area contributed by atoms with E-state index in [1.54, 1.807) is 56.7 Å². The smallest absolute Gasteiger partial charge is 0.408 e. The molecule has 2 aromatic carbocycles. The van der Waals surface area contributed by atoms with E-state index in [1.807, 2.05) is 42.5 Å². The minimum atomic E-state index is -0.949. The molecule has 0 aliphatic heterocycles. The Morgan fingerprint density at radius 1 is 0.950 bits per heavy atom. The third kappa shape index (κ3) is 10.7. The number of anilines is 1. The highest BCUT2D eigenvalue weighted by atomic mass is 16.6. The second-order valence-electron chi connectivity index (χ2n) is 10.2. The average Bonchev–Trinajstić information content (AvgIpc) is 2.92. The molecule has 0 saturated carbocycles. The van der Waals surface area contributed by atoms with Crippen LogP contribution in [0.3, 0.4) is 0 Å². The summed E-state index contributed by atoms with van der Waals surface area (Å²) in [4.78, 5) is 41.3. The molecule has 1 unspecified atom stereocenters. The van der Waals surface area contributed by atoms with Gasteiger partial charge in [-0.15, -0.1) is 0 Å². The zero-order chi connectivity index (χ0) is 29.0. The Balaban J connectivity index is 1.63. The number of nitrogens with one attached hydrogen (secondary N) is 3. The molecule has 0 spiro atoms. The molecular weight excluding hydrogens is 512 g/mol. The van der Waals surface area contributed by atoms with Gasteiger partial charge in [0, 0.05) is 24.2 Å². The van der Waals surface area contributed by atoms with E-state index >= 15 is 0 Å². The summed E-state index contributed by atoms with van der Waals surface area (Å²) >= 11 is 0. The summed E-state index contributed by atoms with van der Waals surface area (Å²) in [5, 5.41) is 14.1. The number of amides is 3. The van der Waals surface area contributed by atoms with E-state index in [0.29, 0.717) is 36.6 Å². The summed E-state index contributed by atoms with van der Waals surface area (Å²) in [6, 6.07) is 19.5. The number of hydrogen-bond acceptors (Lipinski definition) is 7. The summed E-state index contributed by atoms with van der Waals surface area (Å²) in [7, 11) is 0. The largest absolute Gasteiger partial charge is 0.487 e. The Hall–Kier alpha value is -4.44. The zero-order valence-electron chi connectivity index (χ0n) is 23.0. The van der Waals surface area contributed by atoms with E-state index in [-0.39, 0.29) is 12.8 Å². The molecule has 0 bridgehead atoms. The highest BCUT2D eigenvalue weighted by Gasteiger charge is 2.25. The number of nitrogens with zero attached hydrogens (tertiary/aromatic N) is 1. The van der Waals surface area contributed by atoms with Crippen LogP contribution in [0.15, 0.2) is 72.9 Å². The highest BCUT2D eigenvalue weighted by molar-refractivity contribution is 5.96. The van der Waals surface area contributed by atoms with Crippen LogP contribution in [0.2, 0.25) is 0 Å². The normalized spacial score (nSPS) is 11.7. The van der Waals surface area contributed by atoms with E-state index in [0.717, 1.165) is 11.1 Å². The fraction of sp³-hybridized carbons (Fsp3) is 0.333. The average molecular weight is 549 g/mol. The van der Waals surface area contributed by atoms with E-state index < -0.39 is 29.6 Å². The van der Waals surface area contributed by atoms with Crippen LogP contribution in [0.4, 0.5) is 10.5 Å². The molecule has 3 rings (SSSR count).